The van der Waals surface area contributed by atoms with Gasteiger partial charge in [-0.2, -0.15) is 0 Å². The van der Waals surface area contributed by atoms with Crippen LogP contribution in [0.15, 0.2) is 42.5 Å². The zero-order valence-corrected chi connectivity index (χ0v) is 14.5. The molecule has 6 heteroatoms. The Morgan fingerprint density at radius 3 is 2.70 bits per heavy atom. The Morgan fingerprint density at radius 2 is 2.00 bits per heavy atom. The Kier molecular flexibility index (Phi) is 6.28. The lowest BCUT2D eigenvalue weighted by atomic mass is 10.1. The van der Waals surface area contributed by atoms with E-state index in [1.165, 1.54) is 0 Å². The lowest BCUT2D eigenvalue weighted by Gasteiger charge is -2.13. The highest BCUT2D eigenvalue weighted by Gasteiger charge is 2.15. The van der Waals surface area contributed by atoms with Crippen molar-refractivity contribution in [3.8, 4) is 5.75 Å². The number of quaternary nitrogens is 1. The van der Waals surface area contributed by atoms with E-state index in [1.807, 2.05) is 36.5 Å². The minimum Gasteiger partial charge on any atom is -0.495 e. The van der Waals surface area contributed by atoms with Gasteiger partial charge in [-0.15, -0.1) is 0 Å². The van der Waals surface area contributed by atoms with Crippen LogP contribution in [0.25, 0.3) is 0 Å². The standard InChI is InChI=1S/C17H18Cl2N2O2/c1-11(13-5-3-4-6-14(13)19)20-10-17(22)21-15-9-12(18)7-8-16(15)23-2/h3-9,11,20H,10H2,1-2H3,(H,21,22)/p+1/t11-/m0/s1. The van der Waals surface area contributed by atoms with Gasteiger partial charge in [0.15, 0.2) is 6.54 Å². The highest BCUT2D eigenvalue weighted by atomic mass is 35.5. The molecule has 0 aliphatic rings. The Morgan fingerprint density at radius 1 is 1.26 bits per heavy atom. The third-order valence-electron chi connectivity index (χ3n) is 3.49. The molecular weight excluding hydrogens is 335 g/mol. The van der Waals surface area contributed by atoms with Gasteiger partial charge in [0.1, 0.15) is 11.8 Å². The summed E-state index contributed by atoms with van der Waals surface area (Å²) in [6, 6.07) is 12.8. The fourth-order valence-corrected chi connectivity index (χ4v) is 2.71. The molecule has 122 valence electrons. The first-order valence-corrected chi connectivity index (χ1v) is 7.98. The Balaban J connectivity index is 1.95. The molecule has 1 atom stereocenters. The molecule has 2 rings (SSSR count). The summed E-state index contributed by atoms with van der Waals surface area (Å²) in [5, 5.41) is 5.97. The van der Waals surface area contributed by atoms with Crippen molar-refractivity contribution >= 4 is 34.8 Å². The van der Waals surface area contributed by atoms with Gasteiger partial charge in [-0.05, 0) is 31.2 Å². The molecule has 2 aromatic carbocycles. The molecule has 0 unspecified atom stereocenters. The van der Waals surface area contributed by atoms with Crippen molar-refractivity contribution in [3.63, 3.8) is 0 Å². The lowest BCUT2D eigenvalue weighted by Crippen LogP contribution is -2.86. The van der Waals surface area contributed by atoms with Crippen LogP contribution in [0.5, 0.6) is 5.75 Å². The number of methoxy groups -OCH3 is 1. The minimum atomic E-state index is -0.135. The second kappa shape index (κ2) is 8.20. The Labute approximate surface area is 145 Å². The van der Waals surface area contributed by atoms with E-state index in [-0.39, 0.29) is 18.5 Å². The molecule has 3 N–H and O–H groups in total. The SMILES string of the molecule is COc1ccc(Cl)cc1NC(=O)C[NH2+][C@@H](C)c1ccccc1Cl. The summed E-state index contributed by atoms with van der Waals surface area (Å²) in [6.07, 6.45) is 0. The van der Waals surface area contributed by atoms with Crippen LogP contribution in [0.3, 0.4) is 0 Å². The molecule has 0 bridgehead atoms. The van der Waals surface area contributed by atoms with Gasteiger partial charge in [-0.25, -0.2) is 0 Å². The van der Waals surface area contributed by atoms with E-state index in [9.17, 15) is 4.79 Å². The zero-order valence-electron chi connectivity index (χ0n) is 13.0. The molecule has 0 radical (unpaired) electrons. The van der Waals surface area contributed by atoms with Crippen molar-refractivity contribution in [1.29, 1.82) is 0 Å². The summed E-state index contributed by atoms with van der Waals surface area (Å²) in [6.45, 7) is 2.27. The number of nitrogens with two attached hydrogens (primary N) is 1. The van der Waals surface area contributed by atoms with Gasteiger partial charge in [-0.1, -0.05) is 41.4 Å². The summed E-state index contributed by atoms with van der Waals surface area (Å²) in [5.41, 5.74) is 1.56. The molecule has 0 spiro atoms. The van der Waals surface area contributed by atoms with E-state index in [0.29, 0.717) is 21.5 Å². The van der Waals surface area contributed by atoms with E-state index in [0.717, 1.165) is 5.56 Å². The molecule has 2 aromatic rings. The fraction of sp³-hybridized carbons (Fsp3) is 0.235. The van der Waals surface area contributed by atoms with Crippen LogP contribution in [-0.2, 0) is 4.79 Å². The maximum absolute atomic E-state index is 12.1. The van der Waals surface area contributed by atoms with Gasteiger partial charge < -0.3 is 15.4 Å². The largest absolute Gasteiger partial charge is 0.495 e. The highest BCUT2D eigenvalue weighted by Crippen LogP contribution is 2.27. The summed E-state index contributed by atoms with van der Waals surface area (Å²) in [4.78, 5) is 12.1. The van der Waals surface area contributed by atoms with Gasteiger partial charge in [0.2, 0.25) is 0 Å². The van der Waals surface area contributed by atoms with Crippen LogP contribution in [0, 0.1) is 0 Å². The van der Waals surface area contributed by atoms with Crippen LogP contribution in [0.1, 0.15) is 18.5 Å². The van der Waals surface area contributed by atoms with Crippen LogP contribution in [0.2, 0.25) is 10.0 Å². The molecule has 1 amide bonds. The summed E-state index contributed by atoms with van der Waals surface area (Å²) in [7, 11) is 1.55. The molecule has 4 nitrogen and oxygen atoms in total. The van der Waals surface area contributed by atoms with E-state index >= 15 is 0 Å². The Hall–Kier alpha value is -1.75. The summed E-state index contributed by atoms with van der Waals surface area (Å²) in [5.74, 6) is 0.436. The van der Waals surface area contributed by atoms with Crippen molar-refractivity contribution in [2.75, 3.05) is 19.0 Å². The topological polar surface area (TPSA) is 54.9 Å². The third kappa shape index (κ3) is 4.86. The second-order valence-electron chi connectivity index (χ2n) is 5.14. The van der Waals surface area contributed by atoms with Gasteiger partial charge >= 0.3 is 0 Å². The van der Waals surface area contributed by atoms with Gasteiger partial charge in [-0.3, -0.25) is 4.79 Å². The van der Waals surface area contributed by atoms with Crippen molar-refractivity contribution in [3.05, 3.63) is 58.1 Å². The Bertz CT molecular complexity index is 692. The average molecular weight is 354 g/mol. The minimum absolute atomic E-state index is 0.0794. The molecule has 0 aromatic heterocycles. The molecule has 0 aliphatic heterocycles. The fourth-order valence-electron chi connectivity index (χ4n) is 2.23. The molecular formula is C17H19Cl2N2O2+. The van der Waals surface area contributed by atoms with Gasteiger partial charge in [0.05, 0.1) is 12.8 Å². The number of carbonyl (C=O) groups is 1. The number of benzene rings is 2. The average Bonchev–Trinajstić information content (AvgIpc) is 2.53. The molecule has 23 heavy (non-hydrogen) atoms. The first-order chi connectivity index (χ1) is 11.0. The summed E-state index contributed by atoms with van der Waals surface area (Å²) < 4.78 is 5.21. The van der Waals surface area contributed by atoms with Crippen molar-refractivity contribution < 1.29 is 14.8 Å². The number of carbonyl (C=O) groups excluding carboxylic acids is 1. The maximum Gasteiger partial charge on any atom is 0.279 e. The van der Waals surface area contributed by atoms with Gasteiger partial charge in [0.25, 0.3) is 5.91 Å². The first kappa shape index (κ1) is 17.6. The number of nitrogens with one attached hydrogen (secondary N) is 1. The third-order valence-corrected chi connectivity index (χ3v) is 4.07. The first-order valence-electron chi connectivity index (χ1n) is 7.22. The van der Waals surface area contributed by atoms with Crippen LogP contribution in [0.4, 0.5) is 5.69 Å². The van der Waals surface area contributed by atoms with Gasteiger partial charge in [0, 0.05) is 15.6 Å². The number of hydrogen-bond acceptors (Lipinski definition) is 2. The number of hydrogen-bond donors (Lipinski definition) is 2. The maximum atomic E-state index is 12.1. The second-order valence-corrected chi connectivity index (χ2v) is 5.99. The molecule has 0 saturated carbocycles. The zero-order chi connectivity index (χ0) is 16.8. The van der Waals surface area contributed by atoms with Crippen molar-refractivity contribution in [2.45, 2.75) is 13.0 Å². The predicted octanol–water partition coefficient (Wildman–Crippen LogP) is 3.27. The van der Waals surface area contributed by atoms with E-state index in [2.05, 4.69) is 5.32 Å². The predicted molar refractivity (Wildman–Crippen MR) is 93.3 cm³/mol. The lowest BCUT2D eigenvalue weighted by molar-refractivity contribution is -0.682. The normalized spacial score (nSPS) is 11.8. The molecule has 0 fully saturated rings. The molecule has 0 saturated heterocycles. The van der Waals surface area contributed by atoms with Crippen molar-refractivity contribution in [1.82, 2.24) is 0 Å². The number of rotatable bonds is 6. The number of amides is 1. The smallest absolute Gasteiger partial charge is 0.279 e. The highest BCUT2D eigenvalue weighted by molar-refractivity contribution is 6.31. The molecule has 0 heterocycles. The van der Waals surface area contributed by atoms with E-state index in [1.54, 1.807) is 25.3 Å². The van der Waals surface area contributed by atoms with E-state index < -0.39 is 0 Å². The number of halogens is 2. The summed E-state index contributed by atoms with van der Waals surface area (Å²) >= 11 is 12.1. The van der Waals surface area contributed by atoms with Crippen LogP contribution >= 0.6 is 23.2 Å². The van der Waals surface area contributed by atoms with Crippen molar-refractivity contribution in [2.24, 2.45) is 0 Å². The van der Waals surface area contributed by atoms with Crippen LogP contribution < -0.4 is 15.4 Å². The molecule has 0 aliphatic carbocycles. The monoisotopic (exact) mass is 353 g/mol. The number of anilines is 1. The quantitative estimate of drug-likeness (QED) is 0.837. The van der Waals surface area contributed by atoms with Crippen LogP contribution in [-0.4, -0.2) is 19.6 Å². The van der Waals surface area contributed by atoms with E-state index in [4.69, 9.17) is 27.9 Å². The number of ether oxygens (including phenoxy) is 1.